The van der Waals surface area contributed by atoms with E-state index in [1.807, 2.05) is 5.38 Å². The van der Waals surface area contributed by atoms with Gasteiger partial charge in [0.2, 0.25) is 5.91 Å². The molecule has 0 spiro atoms. The Hall–Kier alpha value is -0.580. The summed E-state index contributed by atoms with van der Waals surface area (Å²) in [4.78, 5) is 11.3. The average molecular weight is 219 g/mol. The van der Waals surface area contributed by atoms with Crippen molar-refractivity contribution in [1.82, 2.24) is 0 Å². The molecule has 72 valence electrons. The number of amides is 1. The van der Waals surface area contributed by atoms with Crippen LogP contribution in [0.1, 0.15) is 6.92 Å². The van der Waals surface area contributed by atoms with Crippen LogP contribution in [0.4, 0.5) is 5.69 Å². The van der Waals surface area contributed by atoms with Gasteiger partial charge in [-0.1, -0.05) is 18.5 Å². The van der Waals surface area contributed by atoms with Gasteiger partial charge in [-0.25, -0.2) is 0 Å². The zero-order valence-corrected chi connectivity index (χ0v) is 8.78. The van der Waals surface area contributed by atoms with Gasteiger partial charge in [0.1, 0.15) is 4.34 Å². The SMILES string of the molecule is CC(CN)C(=O)Nc1ccsc1Cl. The van der Waals surface area contributed by atoms with Crippen LogP contribution >= 0.6 is 22.9 Å². The van der Waals surface area contributed by atoms with E-state index < -0.39 is 0 Å². The third kappa shape index (κ3) is 2.69. The Balaban J connectivity index is 2.60. The number of thiophene rings is 1. The van der Waals surface area contributed by atoms with Gasteiger partial charge in [-0.2, -0.15) is 0 Å². The molecule has 1 heterocycles. The van der Waals surface area contributed by atoms with Crippen molar-refractivity contribution in [3.05, 3.63) is 15.8 Å². The van der Waals surface area contributed by atoms with Crippen molar-refractivity contribution >= 4 is 34.5 Å². The van der Waals surface area contributed by atoms with Gasteiger partial charge in [0.05, 0.1) is 5.69 Å². The minimum absolute atomic E-state index is 0.0946. The molecule has 0 saturated heterocycles. The summed E-state index contributed by atoms with van der Waals surface area (Å²) in [6, 6.07) is 1.77. The van der Waals surface area contributed by atoms with Crippen LogP contribution in [-0.4, -0.2) is 12.5 Å². The minimum Gasteiger partial charge on any atom is -0.330 e. The second-order valence-electron chi connectivity index (χ2n) is 2.73. The van der Waals surface area contributed by atoms with Gasteiger partial charge in [-0.15, -0.1) is 11.3 Å². The number of anilines is 1. The van der Waals surface area contributed by atoms with Crippen molar-refractivity contribution in [3.63, 3.8) is 0 Å². The number of halogens is 1. The molecule has 0 aliphatic heterocycles. The lowest BCUT2D eigenvalue weighted by molar-refractivity contribution is -0.119. The fourth-order valence-corrected chi connectivity index (χ4v) is 1.58. The lowest BCUT2D eigenvalue weighted by Crippen LogP contribution is -2.26. The number of nitrogens with one attached hydrogen (secondary N) is 1. The van der Waals surface area contributed by atoms with Crippen LogP contribution in [0.5, 0.6) is 0 Å². The van der Waals surface area contributed by atoms with Crippen molar-refractivity contribution in [2.24, 2.45) is 11.7 Å². The predicted octanol–water partition coefficient (Wildman–Crippen LogP) is 1.93. The highest BCUT2D eigenvalue weighted by atomic mass is 35.5. The second-order valence-corrected chi connectivity index (χ2v) is 4.25. The number of nitrogens with two attached hydrogens (primary N) is 1. The van der Waals surface area contributed by atoms with Crippen molar-refractivity contribution in [1.29, 1.82) is 0 Å². The third-order valence-electron chi connectivity index (χ3n) is 1.68. The van der Waals surface area contributed by atoms with Crippen molar-refractivity contribution in [2.75, 3.05) is 11.9 Å². The summed E-state index contributed by atoms with van der Waals surface area (Å²) < 4.78 is 0.595. The molecule has 3 N–H and O–H groups in total. The molecule has 1 unspecified atom stereocenters. The van der Waals surface area contributed by atoms with Gasteiger partial charge in [0.15, 0.2) is 0 Å². The second kappa shape index (κ2) is 4.60. The lowest BCUT2D eigenvalue weighted by atomic mass is 10.2. The van der Waals surface area contributed by atoms with E-state index in [4.69, 9.17) is 17.3 Å². The summed E-state index contributed by atoms with van der Waals surface area (Å²) in [5, 5.41) is 4.52. The number of carbonyl (C=O) groups excluding carboxylic acids is 1. The van der Waals surface area contributed by atoms with E-state index in [1.165, 1.54) is 11.3 Å². The molecule has 0 radical (unpaired) electrons. The maximum absolute atomic E-state index is 11.3. The Morgan fingerprint density at radius 3 is 3.00 bits per heavy atom. The highest BCUT2D eigenvalue weighted by Gasteiger charge is 2.12. The molecule has 1 amide bonds. The van der Waals surface area contributed by atoms with Crippen LogP contribution in [0.15, 0.2) is 11.4 Å². The zero-order valence-electron chi connectivity index (χ0n) is 7.21. The molecular formula is C8H11ClN2OS. The van der Waals surface area contributed by atoms with Crippen molar-refractivity contribution in [2.45, 2.75) is 6.92 Å². The normalized spacial score (nSPS) is 12.5. The van der Waals surface area contributed by atoms with Crippen LogP contribution in [-0.2, 0) is 4.79 Å². The van der Waals surface area contributed by atoms with Gasteiger partial charge in [0, 0.05) is 12.5 Å². The summed E-state index contributed by atoms with van der Waals surface area (Å²) in [6.45, 7) is 2.11. The van der Waals surface area contributed by atoms with Gasteiger partial charge >= 0.3 is 0 Å². The van der Waals surface area contributed by atoms with E-state index in [9.17, 15) is 4.79 Å². The molecule has 0 saturated carbocycles. The number of hydrogen-bond acceptors (Lipinski definition) is 3. The van der Waals surface area contributed by atoms with E-state index in [-0.39, 0.29) is 11.8 Å². The van der Waals surface area contributed by atoms with Gasteiger partial charge < -0.3 is 11.1 Å². The van der Waals surface area contributed by atoms with Crippen LogP contribution in [0.2, 0.25) is 4.34 Å². The molecule has 0 aromatic carbocycles. The maximum Gasteiger partial charge on any atom is 0.228 e. The van der Waals surface area contributed by atoms with Gasteiger partial charge in [0.25, 0.3) is 0 Å². The van der Waals surface area contributed by atoms with Gasteiger partial charge in [-0.05, 0) is 11.4 Å². The third-order valence-corrected chi connectivity index (χ3v) is 2.85. The summed E-state index contributed by atoms with van der Waals surface area (Å²) in [5.41, 5.74) is 6.01. The summed E-state index contributed by atoms with van der Waals surface area (Å²) in [7, 11) is 0. The Morgan fingerprint density at radius 2 is 2.54 bits per heavy atom. The zero-order chi connectivity index (χ0) is 9.84. The molecule has 3 nitrogen and oxygen atoms in total. The fourth-order valence-electron chi connectivity index (χ4n) is 0.745. The largest absolute Gasteiger partial charge is 0.330 e. The van der Waals surface area contributed by atoms with Crippen molar-refractivity contribution < 1.29 is 4.79 Å². The molecule has 5 heteroatoms. The van der Waals surface area contributed by atoms with Crippen molar-refractivity contribution in [3.8, 4) is 0 Å². The van der Waals surface area contributed by atoms with E-state index in [2.05, 4.69) is 5.32 Å². The summed E-state index contributed by atoms with van der Waals surface area (Å²) in [5.74, 6) is -0.279. The minimum atomic E-state index is -0.184. The molecule has 0 aliphatic rings. The van der Waals surface area contributed by atoms with E-state index >= 15 is 0 Å². The standard InChI is InChI=1S/C8H11ClN2OS/c1-5(4-10)8(12)11-6-2-3-13-7(6)9/h2-3,5H,4,10H2,1H3,(H,11,12). The number of rotatable bonds is 3. The Kier molecular flexibility index (Phi) is 3.71. The maximum atomic E-state index is 11.3. The van der Waals surface area contributed by atoms with E-state index in [1.54, 1.807) is 13.0 Å². The monoisotopic (exact) mass is 218 g/mol. The van der Waals surface area contributed by atoms with E-state index in [0.717, 1.165) is 0 Å². The van der Waals surface area contributed by atoms with Gasteiger partial charge in [-0.3, -0.25) is 4.79 Å². The molecule has 1 atom stereocenters. The topological polar surface area (TPSA) is 55.1 Å². The molecule has 1 rings (SSSR count). The Labute approximate surface area is 85.9 Å². The lowest BCUT2D eigenvalue weighted by Gasteiger charge is -2.08. The van der Waals surface area contributed by atoms with Crippen LogP contribution in [0.3, 0.4) is 0 Å². The Morgan fingerprint density at radius 1 is 1.85 bits per heavy atom. The molecule has 1 aromatic heterocycles. The molecule has 1 aromatic rings. The predicted molar refractivity (Wildman–Crippen MR) is 56.2 cm³/mol. The summed E-state index contributed by atoms with van der Waals surface area (Å²) in [6.07, 6.45) is 0. The fraction of sp³-hybridized carbons (Fsp3) is 0.375. The van der Waals surface area contributed by atoms with Crippen LogP contribution < -0.4 is 11.1 Å². The van der Waals surface area contributed by atoms with E-state index in [0.29, 0.717) is 16.6 Å². The highest BCUT2D eigenvalue weighted by molar-refractivity contribution is 7.15. The molecule has 0 fully saturated rings. The van der Waals surface area contributed by atoms with Crippen LogP contribution in [0.25, 0.3) is 0 Å². The van der Waals surface area contributed by atoms with Crippen LogP contribution in [0, 0.1) is 5.92 Å². The quantitative estimate of drug-likeness (QED) is 0.815. The molecule has 13 heavy (non-hydrogen) atoms. The number of carbonyl (C=O) groups is 1. The number of hydrogen-bond donors (Lipinski definition) is 2. The first kappa shape index (κ1) is 10.5. The Bertz CT molecular complexity index is 300. The first-order valence-corrected chi connectivity index (χ1v) is 5.15. The summed E-state index contributed by atoms with van der Waals surface area (Å²) >= 11 is 7.19. The molecular weight excluding hydrogens is 208 g/mol. The molecule has 0 bridgehead atoms. The highest BCUT2D eigenvalue weighted by Crippen LogP contribution is 2.27. The first-order valence-electron chi connectivity index (χ1n) is 3.89. The average Bonchev–Trinajstić information content (AvgIpc) is 2.50. The molecule has 0 aliphatic carbocycles. The smallest absolute Gasteiger partial charge is 0.228 e. The first-order chi connectivity index (χ1) is 6.15.